The minimum absolute atomic E-state index is 0.0389. The molecular formula is C16H23N5O3S. The molecule has 1 atom stereocenters. The number of aryl methyl sites for hydroxylation is 1. The number of hydrogen-bond donors (Lipinski definition) is 1. The van der Waals surface area contributed by atoms with Gasteiger partial charge in [-0.3, -0.25) is 4.79 Å². The fourth-order valence-electron chi connectivity index (χ4n) is 2.35. The molecule has 0 spiro atoms. The number of carbonyl (C=O) groups excluding carboxylic acids is 1. The summed E-state index contributed by atoms with van der Waals surface area (Å²) < 4.78 is 26.1. The van der Waals surface area contributed by atoms with E-state index < -0.39 is 16.1 Å². The molecule has 2 aromatic rings. The fraction of sp³-hybridized carbons (Fsp3) is 0.438. The van der Waals surface area contributed by atoms with Crippen LogP contribution < -0.4 is 9.62 Å². The van der Waals surface area contributed by atoms with Crippen molar-refractivity contribution in [3.63, 3.8) is 0 Å². The first-order valence-electron chi connectivity index (χ1n) is 7.91. The predicted molar refractivity (Wildman–Crippen MR) is 95.6 cm³/mol. The number of hydrogen-bond acceptors (Lipinski definition) is 5. The monoisotopic (exact) mass is 365 g/mol. The summed E-state index contributed by atoms with van der Waals surface area (Å²) in [5.74, 6) is -0.112. The lowest BCUT2D eigenvalue weighted by Crippen LogP contribution is -2.34. The Balaban J connectivity index is 2.14. The zero-order valence-corrected chi connectivity index (χ0v) is 15.6. The molecule has 9 heteroatoms. The molecule has 0 radical (unpaired) electrons. The molecule has 25 heavy (non-hydrogen) atoms. The van der Waals surface area contributed by atoms with E-state index >= 15 is 0 Å². The van der Waals surface area contributed by atoms with E-state index in [0.717, 1.165) is 17.5 Å². The lowest BCUT2D eigenvalue weighted by molar-refractivity contribution is -0.121. The fourth-order valence-corrected chi connectivity index (χ4v) is 2.76. The summed E-state index contributed by atoms with van der Waals surface area (Å²) in [6.45, 7) is 3.92. The molecule has 0 bridgehead atoms. The molecule has 0 aliphatic rings. The Morgan fingerprint density at radius 1 is 1.32 bits per heavy atom. The number of sulfonamides is 1. The van der Waals surface area contributed by atoms with Crippen LogP contribution in [0.3, 0.4) is 0 Å². The Morgan fingerprint density at radius 3 is 2.52 bits per heavy atom. The summed E-state index contributed by atoms with van der Waals surface area (Å²) in [5, 5.41) is 7.91. The second-order valence-electron chi connectivity index (χ2n) is 5.94. The van der Waals surface area contributed by atoms with Gasteiger partial charge in [-0.25, -0.2) is 17.8 Å². The zero-order valence-electron chi connectivity index (χ0n) is 14.8. The lowest BCUT2D eigenvalue weighted by Gasteiger charge is -2.23. The van der Waals surface area contributed by atoms with Crippen molar-refractivity contribution in [1.29, 1.82) is 0 Å². The van der Waals surface area contributed by atoms with Crippen LogP contribution in [0.25, 0.3) is 0 Å². The van der Waals surface area contributed by atoms with Gasteiger partial charge in [0.25, 0.3) is 5.91 Å². The van der Waals surface area contributed by atoms with Crippen molar-refractivity contribution in [2.24, 2.45) is 0 Å². The molecule has 1 aromatic heterocycles. The minimum Gasteiger partial charge on any atom is -0.314 e. The number of nitrogens with zero attached hydrogens (tertiary/aromatic N) is 4. The highest BCUT2D eigenvalue weighted by Crippen LogP contribution is 2.20. The zero-order chi connectivity index (χ0) is 18.6. The summed E-state index contributed by atoms with van der Waals surface area (Å²) >= 11 is 0. The quantitative estimate of drug-likeness (QED) is 0.796. The van der Waals surface area contributed by atoms with Crippen LogP contribution in [0.1, 0.15) is 30.6 Å². The number of anilines is 1. The molecule has 136 valence electrons. The van der Waals surface area contributed by atoms with Crippen LogP contribution in [0.2, 0.25) is 0 Å². The molecule has 1 heterocycles. The molecule has 0 aliphatic heterocycles. The number of nitrogens with one attached hydrogen (secondary N) is 1. The highest BCUT2D eigenvalue weighted by Gasteiger charge is 2.24. The average molecular weight is 365 g/mol. The van der Waals surface area contributed by atoms with Crippen LogP contribution in [-0.4, -0.2) is 42.6 Å². The minimum atomic E-state index is -3.31. The third kappa shape index (κ3) is 5.10. The van der Waals surface area contributed by atoms with Gasteiger partial charge < -0.3 is 4.90 Å². The van der Waals surface area contributed by atoms with Gasteiger partial charge in [-0.2, -0.15) is 0 Å². The van der Waals surface area contributed by atoms with E-state index in [4.69, 9.17) is 0 Å². The normalized spacial score (nSPS) is 12.8. The highest BCUT2D eigenvalue weighted by molar-refractivity contribution is 7.88. The van der Waals surface area contributed by atoms with Crippen LogP contribution >= 0.6 is 0 Å². The molecule has 0 aliphatic carbocycles. The lowest BCUT2D eigenvalue weighted by atomic mass is 10.1. The molecule has 1 N–H and O–H groups in total. The first-order chi connectivity index (χ1) is 11.7. The number of rotatable bonds is 7. The number of carbonyl (C=O) groups is 1. The molecule has 0 saturated heterocycles. The van der Waals surface area contributed by atoms with Crippen molar-refractivity contribution < 1.29 is 13.2 Å². The van der Waals surface area contributed by atoms with Crippen molar-refractivity contribution in [3.05, 3.63) is 41.7 Å². The third-order valence-electron chi connectivity index (χ3n) is 3.82. The highest BCUT2D eigenvalue weighted by atomic mass is 32.2. The smallest absolute Gasteiger partial charge is 0.251 e. The third-order valence-corrected chi connectivity index (χ3v) is 4.48. The molecule has 0 fully saturated rings. The molecule has 8 nitrogen and oxygen atoms in total. The maximum atomic E-state index is 12.8. The van der Waals surface area contributed by atoms with Gasteiger partial charge in [-0.1, -0.05) is 29.8 Å². The SMILES string of the molecule is CCC(C(=O)N(C)c1ccc(C)cc1)n1cc(CNS(C)(=O)=O)nn1. The number of benzene rings is 1. The largest absolute Gasteiger partial charge is 0.314 e. The molecule has 1 aromatic carbocycles. The number of aromatic nitrogens is 3. The first-order valence-corrected chi connectivity index (χ1v) is 9.80. The van der Waals surface area contributed by atoms with Crippen molar-refractivity contribution in [1.82, 2.24) is 19.7 Å². The maximum absolute atomic E-state index is 12.8. The standard InChI is InChI=1S/C16H23N5O3S/c1-5-15(16(22)20(3)14-8-6-12(2)7-9-14)21-11-13(18-19-21)10-17-25(4,23)24/h6-9,11,15,17H,5,10H2,1-4H3. The summed E-state index contributed by atoms with van der Waals surface area (Å²) in [5.41, 5.74) is 2.37. The Labute approximate surface area is 147 Å². The van der Waals surface area contributed by atoms with Gasteiger partial charge in [0, 0.05) is 12.7 Å². The van der Waals surface area contributed by atoms with Gasteiger partial charge in [-0.05, 0) is 25.5 Å². The van der Waals surface area contributed by atoms with Crippen LogP contribution in [0.4, 0.5) is 5.69 Å². The second-order valence-corrected chi connectivity index (χ2v) is 7.77. The van der Waals surface area contributed by atoms with Crippen LogP contribution in [-0.2, 0) is 21.4 Å². The predicted octanol–water partition coefficient (Wildman–Crippen LogP) is 1.25. The van der Waals surface area contributed by atoms with E-state index in [-0.39, 0.29) is 12.5 Å². The Morgan fingerprint density at radius 2 is 1.96 bits per heavy atom. The van der Waals surface area contributed by atoms with Gasteiger partial charge in [-0.15, -0.1) is 5.10 Å². The van der Waals surface area contributed by atoms with E-state index in [1.807, 2.05) is 38.1 Å². The van der Waals surface area contributed by atoms with Gasteiger partial charge >= 0.3 is 0 Å². The molecule has 0 saturated carbocycles. The maximum Gasteiger partial charge on any atom is 0.251 e. The summed E-state index contributed by atoms with van der Waals surface area (Å²) in [7, 11) is -1.59. The van der Waals surface area contributed by atoms with E-state index in [2.05, 4.69) is 15.0 Å². The van der Waals surface area contributed by atoms with Crippen molar-refractivity contribution in [2.45, 2.75) is 32.9 Å². The summed E-state index contributed by atoms with van der Waals surface area (Å²) in [6, 6.07) is 7.17. The van der Waals surface area contributed by atoms with Crippen LogP contribution in [0.15, 0.2) is 30.5 Å². The number of likely N-dealkylation sites (N-methyl/N-ethyl adjacent to an activating group) is 1. The van der Waals surface area contributed by atoms with Crippen LogP contribution in [0.5, 0.6) is 0 Å². The first kappa shape index (κ1) is 19.1. The van der Waals surface area contributed by atoms with E-state index in [1.165, 1.54) is 4.68 Å². The van der Waals surface area contributed by atoms with E-state index in [1.54, 1.807) is 18.1 Å². The van der Waals surface area contributed by atoms with Crippen molar-refractivity contribution in [3.8, 4) is 0 Å². The second kappa shape index (κ2) is 7.75. The van der Waals surface area contributed by atoms with Gasteiger partial charge in [0.1, 0.15) is 6.04 Å². The Kier molecular flexibility index (Phi) is 5.91. The van der Waals surface area contributed by atoms with Crippen LogP contribution in [0, 0.1) is 6.92 Å². The van der Waals surface area contributed by atoms with Gasteiger partial charge in [0.05, 0.1) is 24.7 Å². The Bertz CT molecular complexity index is 830. The molecule has 2 rings (SSSR count). The topological polar surface area (TPSA) is 97.2 Å². The van der Waals surface area contributed by atoms with Gasteiger partial charge in [0.15, 0.2) is 0 Å². The summed E-state index contributed by atoms with van der Waals surface area (Å²) in [6.07, 6.45) is 3.21. The Hall–Kier alpha value is -2.26. The summed E-state index contributed by atoms with van der Waals surface area (Å²) in [4.78, 5) is 14.4. The average Bonchev–Trinajstić information content (AvgIpc) is 3.02. The van der Waals surface area contributed by atoms with Gasteiger partial charge in [0.2, 0.25) is 10.0 Å². The number of amides is 1. The molecule has 1 unspecified atom stereocenters. The van der Waals surface area contributed by atoms with E-state index in [9.17, 15) is 13.2 Å². The van der Waals surface area contributed by atoms with Crippen molar-refractivity contribution in [2.75, 3.05) is 18.2 Å². The van der Waals surface area contributed by atoms with E-state index in [0.29, 0.717) is 12.1 Å². The molecular weight excluding hydrogens is 342 g/mol. The van der Waals surface area contributed by atoms with Crippen molar-refractivity contribution >= 4 is 21.6 Å². The molecule has 1 amide bonds.